The number of hydrogen-bond donors (Lipinski definition) is 1. The van der Waals surface area contributed by atoms with E-state index in [0.29, 0.717) is 6.04 Å². The Morgan fingerprint density at radius 3 is 2.78 bits per heavy atom. The molecule has 0 amide bonds. The summed E-state index contributed by atoms with van der Waals surface area (Å²) in [6.45, 7) is 6.52. The molecule has 0 aromatic carbocycles. The molecule has 96 valence electrons. The Labute approximate surface area is 116 Å². The van der Waals surface area contributed by atoms with Crippen molar-refractivity contribution in [3.05, 3.63) is 28.1 Å². The molecule has 0 radical (unpaired) electrons. The van der Waals surface area contributed by atoms with E-state index < -0.39 is 0 Å². The zero-order chi connectivity index (χ0) is 12.7. The second kappa shape index (κ2) is 4.67. The second-order valence-corrected chi connectivity index (χ2v) is 5.94. The summed E-state index contributed by atoms with van der Waals surface area (Å²) in [5.74, 6) is 0. The highest BCUT2D eigenvalue weighted by atomic mass is 79.9. The van der Waals surface area contributed by atoms with Gasteiger partial charge in [0.25, 0.3) is 0 Å². The standard InChI is InChI=1S/C14H18BrN3/c1-9-8-18(11-3-5-16-6-4-11)14-10(2)17-13(15)7-12(9)14/h7-8,11,16H,3-6H2,1-2H3. The molecule has 0 saturated carbocycles. The number of fused-ring (bicyclic) bond motifs is 1. The van der Waals surface area contributed by atoms with Crippen LogP contribution in [0, 0.1) is 13.8 Å². The predicted molar refractivity (Wildman–Crippen MR) is 78.0 cm³/mol. The van der Waals surface area contributed by atoms with Crippen LogP contribution >= 0.6 is 15.9 Å². The van der Waals surface area contributed by atoms with Gasteiger partial charge in [0, 0.05) is 17.6 Å². The molecule has 2 aromatic heterocycles. The molecule has 3 rings (SSSR count). The molecule has 1 aliphatic heterocycles. The van der Waals surface area contributed by atoms with Crippen molar-refractivity contribution in [1.29, 1.82) is 0 Å². The van der Waals surface area contributed by atoms with E-state index in [1.807, 2.05) is 0 Å². The van der Waals surface area contributed by atoms with Crippen LogP contribution < -0.4 is 5.32 Å². The van der Waals surface area contributed by atoms with Gasteiger partial charge in [-0.05, 0) is 67.3 Å². The van der Waals surface area contributed by atoms with Gasteiger partial charge in [0.2, 0.25) is 0 Å². The number of rotatable bonds is 1. The molecule has 0 unspecified atom stereocenters. The van der Waals surface area contributed by atoms with Gasteiger partial charge in [0.1, 0.15) is 4.60 Å². The van der Waals surface area contributed by atoms with Crippen LogP contribution in [0.5, 0.6) is 0 Å². The molecular weight excluding hydrogens is 290 g/mol. The Kier molecular flexibility index (Phi) is 3.16. The van der Waals surface area contributed by atoms with E-state index in [1.165, 1.54) is 29.3 Å². The van der Waals surface area contributed by atoms with Crippen LogP contribution in [-0.2, 0) is 0 Å². The lowest BCUT2D eigenvalue weighted by Crippen LogP contribution is -2.29. The molecule has 0 atom stereocenters. The van der Waals surface area contributed by atoms with E-state index in [2.05, 4.69) is 56.9 Å². The van der Waals surface area contributed by atoms with E-state index in [9.17, 15) is 0 Å². The maximum absolute atomic E-state index is 4.55. The van der Waals surface area contributed by atoms with Crippen LogP contribution in [0.4, 0.5) is 0 Å². The van der Waals surface area contributed by atoms with Gasteiger partial charge < -0.3 is 9.88 Å². The van der Waals surface area contributed by atoms with E-state index in [4.69, 9.17) is 0 Å². The summed E-state index contributed by atoms with van der Waals surface area (Å²) >= 11 is 3.49. The first kappa shape index (κ1) is 12.2. The summed E-state index contributed by atoms with van der Waals surface area (Å²) in [6, 6.07) is 2.75. The number of pyridine rings is 1. The first-order chi connectivity index (χ1) is 8.66. The third-order valence-corrected chi connectivity index (χ3v) is 4.26. The Balaban J connectivity index is 2.17. The van der Waals surface area contributed by atoms with E-state index in [-0.39, 0.29) is 0 Å². The number of nitrogens with one attached hydrogen (secondary N) is 1. The lowest BCUT2D eigenvalue weighted by Gasteiger charge is -2.25. The Hall–Kier alpha value is -0.870. The fourth-order valence-electron chi connectivity index (χ4n) is 2.97. The van der Waals surface area contributed by atoms with E-state index >= 15 is 0 Å². The second-order valence-electron chi connectivity index (χ2n) is 5.13. The van der Waals surface area contributed by atoms with Crippen molar-refractivity contribution in [2.75, 3.05) is 13.1 Å². The van der Waals surface area contributed by atoms with Gasteiger partial charge in [-0.15, -0.1) is 0 Å². The molecule has 1 saturated heterocycles. The third-order valence-electron chi connectivity index (χ3n) is 3.85. The monoisotopic (exact) mass is 307 g/mol. The highest BCUT2D eigenvalue weighted by Gasteiger charge is 2.19. The average Bonchev–Trinajstić information content (AvgIpc) is 2.68. The Morgan fingerprint density at radius 1 is 1.33 bits per heavy atom. The van der Waals surface area contributed by atoms with Crippen molar-refractivity contribution in [3.63, 3.8) is 0 Å². The zero-order valence-electron chi connectivity index (χ0n) is 10.8. The van der Waals surface area contributed by atoms with Crippen molar-refractivity contribution in [3.8, 4) is 0 Å². The summed E-state index contributed by atoms with van der Waals surface area (Å²) in [7, 11) is 0. The molecule has 2 aromatic rings. The number of halogens is 1. The normalized spacial score (nSPS) is 17.5. The van der Waals surface area contributed by atoms with E-state index in [1.54, 1.807) is 0 Å². The van der Waals surface area contributed by atoms with Gasteiger partial charge >= 0.3 is 0 Å². The zero-order valence-corrected chi connectivity index (χ0v) is 12.4. The van der Waals surface area contributed by atoms with Crippen LogP contribution in [0.15, 0.2) is 16.9 Å². The summed E-state index contributed by atoms with van der Waals surface area (Å²) in [5.41, 5.74) is 3.77. The molecule has 0 spiro atoms. The van der Waals surface area contributed by atoms with Crippen molar-refractivity contribution >= 4 is 26.8 Å². The molecular formula is C14H18BrN3. The van der Waals surface area contributed by atoms with Gasteiger partial charge in [-0.25, -0.2) is 4.98 Å². The highest BCUT2D eigenvalue weighted by molar-refractivity contribution is 9.10. The fraction of sp³-hybridized carbons (Fsp3) is 0.500. The molecule has 1 N–H and O–H groups in total. The lowest BCUT2D eigenvalue weighted by molar-refractivity contribution is 0.375. The Bertz CT molecular complexity index is 582. The van der Waals surface area contributed by atoms with E-state index in [0.717, 1.165) is 23.4 Å². The van der Waals surface area contributed by atoms with Crippen LogP contribution in [-0.4, -0.2) is 22.6 Å². The van der Waals surface area contributed by atoms with Crippen molar-refractivity contribution in [1.82, 2.24) is 14.9 Å². The first-order valence-corrected chi connectivity index (χ1v) is 7.31. The summed E-state index contributed by atoms with van der Waals surface area (Å²) < 4.78 is 3.37. The number of hydrogen-bond acceptors (Lipinski definition) is 2. The molecule has 1 fully saturated rings. The van der Waals surface area contributed by atoms with Gasteiger partial charge in [-0.2, -0.15) is 0 Å². The molecule has 0 bridgehead atoms. The smallest absolute Gasteiger partial charge is 0.107 e. The third kappa shape index (κ3) is 1.97. The number of nitrogens with zero attached hydrogens (tertiary/aromatic N) is 2. The summed E-state index contributed by atoms with van der Waals surface area (Å²) in [5, 5.41) is 4.75. The fourth-order valence-corrected chi connectivity index (χ4v) is 3.46. The quantitative estimate of drug-likeness (QED) is 0.819. The average molecular weight is 308 g/mol. The molecule has 18 heavy (non-hydrogen) atoms. The minimum atomic E-state index is 0.615. The van der Waals surface area contributed by atoms with Gasteiger partial charge in [0.05, 0.1) is 11.2 Å². The SMILES string of the molecule is Cc1cn(C2CCNCC2)c2c(C)nc(Br)cc12. The molecule has 4 heteroatoms. The first-order valence-electron chi connectivity index (χ1n) is 6.52. The maximum Gasteiger partial charge on any atom is 0.107 e. The predicted octanol–water partition coefficient (Wildman–Crippen LogP) is 3.34. The van der Waals surface area contributed by atoms with Crippen LogP contribution in [0.2, 0.25) is 0 Å². The highest BCUT2D eigenvalue weighted by Crippen LogP contribution is 2.31. The van der Waals surface area contributed by atoms with Crippen molar-refractivity contribution < 1.29 is 0 Å². The maximum atomic E-state index is 4.55. The van der Waals surface area contributed by atoms with Gasteiger partial charge in [0.15, 0.2) is 0 Å². The molecule has 0 aliphatic carbocycles. The topological polar surface area (TPSA) is 29.9 Å². The van der Waals surface area contributed by atoms with Crippen LogP contribution in [0.1, 0.15) is 30.1 Å². The largest absolute Gasteiger partial charge is 0.343 e. The minimum Gasteiger partial charge on any atom is -0.343 e. The van der Waals surface area contributed by atoms with Crippen molar-refractivity contribution in [2.24, 2.45) is 0 Å². The van der Waals surface area contributed by atoms with Gasteiger partial charge in [-0.3, -0.25) is 0 Å². The Morgan fingerprint density at radius 2 is 2.06 bits per heavy atom. The summed E-state index contributed by atoms with van der Waals surface area (Å²) in [4.78, 5) is 4.55. The van der Waals surface area contributed by atoms with Crippen LogP contribution in [0.25, 0.3) is 10.9 Å². The van der Waals surface area contributed by atoms with Crippen molar-refractivity contribution in [2.45, 2.75) is 32.7 Å². The number of piperidine rings is 1. The van der Waals surface area contributed by atoms with Crippen LogP contribution in [0.3, 0.4) is 0 Å². The number of aromatic nitrogens is 2. The summed E-state index contributed by atoms with van der Waals surface area (Å²) in [6.07, 6.45) is 4.71. The molecule has 3 heterocycles. The van der Waals surface area contributed by atoms with Gasteiger partial charge in [-0.1, -0.05) is 0 Å². The molecule has 1 aliphatic rings. The molecule has 3 nitrogen and oxygen atoms in total. The lowest BCUT2D eigenvalue weighted by atomic mass is 10.1. The number of aryl methyl sites for hydroxylation is 2. The minimum absolute atomic E-state index is 0.615.